The Balaban J connectivity index is 2.55. The molecule has 0 atom stereocenters. The molecule has 1 N–H and O–H groups in total. The van der Waals surface area contributed by atoms with E-state index in [9.17, 15) is 4.39 Å². The molecule has 5 heteroatoms. The van der Waals surface area contributed by atoms with Crippen molar-refractivity contribution in [1.29, 1.82) is 0 Å². The molecule has 0 aliphatic rings. The highest BCUT2D eigenvalue weighted by Crippen LogP contribution is 2.17. The van der Waals surface area contributed by atoms with Gasteiger partial charge < -0.3 is 10.2 Å². The summed E-state index contributed by atoms with van der Waals surface area (Å²) in [4.78, 5) is 5.73. The quantitative estimate of drug-likeness (QED) is 0.863. The summed E-state index contributed by atoms with van der Waals surface area (Å²) in [6, 6.07) is 1.70. The summed E-state index contributed by atoms with van der Waals surface area (Å²) >= 11 is 5.63. The molecule has 0 radical (unpaired) electrons. The standard InChI is InChI=1S/C11H17ClFN3/c1-8(2)14-4-5-16(3)11-10(13)6-9(12)7-15-11/h6-8,14H,4-5H2,1-3H3. The van der Waals surface area contributed by atoms with E-state index in [0.717, 1.165) is 6.54 Å². The van der Waals surface area contributed by atoms with Gasteiger partial charge in [0.25, 0.3) is 0 Å². The monoisotopic (exact) mass is 245 g/mol. The van der Waals surface area contributed by atoms with Crippen molar-refractivity contribution >= 4 is 17.4 Å². The minimum Gasteiger partial charge on any atom is -0.356 e. The number of anilines is 1. The van der Waals surface area contributed by atoms with Crippen molar-refractivity contribution in [3.05, 3.63) is 23.1 Å². The number of likely N-dealkylation sites (N-methyl/N-ethyl adjacent to an activating group) is 1. The highest BCUT2D eigenvalue weighted by Gasteiger charge is 2.09. The number of hydrogen-bond donors (Lipinski definition) is 1. The molecule has 0 aliphatic heterocycles. The SMILES string of the molecule is CC(C)NCCN(C)c1ncc(Cl)cc1F. The molecule has 90 valence electrons. The fraction of sp³-hybridized carbons (Fsp3) is 0.545. The number of nitrogens with zero attached hydrogens (tertiary/aromatic N) is 2. The van der Waals surface area contributed by atoms with E-state index < -0.39 is 0 Å². The van der Waals surface area contributed by atoms with Crippen LogP contribution < -0.4 is 10.2 Å². The molecular weight excluding hydrogens is 229 g/mol. The largest absolute Gasteiger partial charge is 0.356 e. The van der Waals surface area contributed by atoms with Crippen molar-refractivity contribution in [2.45, 2.75) is 19.9 Å². The maximum absolute atomic E-state index is 13.5. The predicted molar refractivity (Wildman–Crippen MR) is 65.6 cm³/mol. The predicted octanol–water partition coefficient (Wildman–Crippen LogP) is 2.31. The van der Waals surface area contributed by atoms with Gasteiger partial charge in [0.2, 0.25) is 0 Å². The minimum absolute atomic E-state index is 0.315. The summed E-state index contributed by atoms with van der Waals surface area (Å²) < 4.78 is 13.5. The van der Waals surface area contributed by atoms with Gasteiger partial charge in [-0.2, -0.15) is 0 Å². The Labute approximate surface area is 101 Å². The first kappa shape index (κ1) is 13.2. The van der Waals surface area contributed by atoms with Crippen LogP contribution in [0.2, 0.25) is 5.02 Å². The molecule has 0 amide bonds. The summed E-state index contributed by atoms with van der Waals surface area (Å²) in [5.74, 6) is -0.0606. The van der Waals surface area contributed by atoms with Crippen molar-refractivity contribution in [1.82, 2.24) is 10.3 Å². The number of halogens is 2. The first-order chi connectivity index (χ1) is 7.50. The Bertz CT molecular complexity index is 344. The average Bonchev–Trinajstić information content (AvgIpc) is 2.16. The zero-order valence-corrected chi connectivity index (χ0v) is 10.6. The molecule has 0 unspecified atom stereocenters. The van der Waals surface area contributed by atoms with Gasteiger partial charge in [0, 0.05) is 32.4 Å². The number of nitrogens with one attached hydrogen (secondary N) is 1. The fourth-order valence-corrected chi connectivity index (χ4v) is 1.46. The van der Waals surface area contributed by atoms with Crippen LogP contribution in [-0.4, -0.2) is 31.2 Å². The van der Waals surface area contributed by atoms with Crippen molar-refractivity contribution in [2.24, 2.45) is 0 Å². The average molecular weight is 246 g/mol. The lowest BCUT2D eigenvalue weighted by molar-refractivity contribution is 0.578. The first-order valence-electron chi connectivity index (χ1n) is 5.26. The third kappa shape index (κ3) is 3.94. The van der Waals surface area contributed by atoms with Crippen LogP contribution in [0.25, 0.3) is 0 Å². The second-order valence-corrected chi connectivity index (χ2v) is 4.43. The van der Waals surface area contributed by atoms with E-state index in [1.807, 2.05) is 0 Å². The molecule has 0 bridgehead atoms. The Kier molecular flexibility index (Phi) is 4.96. The summed E-state index contributed by atoms with van der Waals surface area (Å²) in [5, 5.41) is 3.57. The summed E-state index contributed by atoms with van der Waals surface area (Å²) in [6.45, 7) is 5.63. The lowest BCUT2D eigenvalue weighted by Crippen LogP contribution is -2.33. The van der Waals surface area contributed by atoms with E-state index in [1.54, 1.807) is 11.9 Å². The first-order valence-corrected chi connectivity index (χ1v) is 5.64. The molecule has 0 fully saturated rings. The van der Waals surface area contributed by atoms with Crippen LogP contribution in [0, 0.1) is 5.82 Å². The third-order valence-electron chi connectivity index (χ3n) is 2.15. The van der Waals surface area contributed by atoms with E-state index in [4.69, 9.17) is 11.6 Å². The molecule has 0 aliphatic carbocycles. The molecule has 0 spiro atoms. The minimum atomic E-state index is -0.389. The van der Waals surface area contributed by atoms with E-state index >= 15 is 0 Å². The Morgan fingerprint density at radius 3 is 2.81 bits per heavy atom. The smallest absolute Gasteiger partial charge is 0.167 e. The van der Waals surface area contributed by atoms with Crippen LogP contribution in [0.1, 0.15) is 13.8 Å². The normalized spacial score (nSPS) is 10.9. The Hall–Kier alpha value is -0.870. The molecule has 1 aromatic heterocycles. The van der Waals surface area contributed by atoms with Crippen molar-refractivity contribution in [3.63, 3.8) is 0 Å². The van der Waals surface area contributed by atoms with Crippen LogP contribution in [0.4, 0.5) is 10.2 Å². The molecule has 1 aromatic rings. The summed E-state index contributed by atoms with van der Waals surface area (Å²) in [5.41, 5.74) is 0. The van der Waals surface area contributed by atoms with Crippen LogP contribution in [-0.2, 0) is 0 Å². The summed E-state index contributed by atoms with van der Waals surface area (Å²) in [6.07, 6.45) is 1.45. The highest BCUT2D eigenvalue weighted by molar-refractivity contribution is 6.30. The van der Waals surface area contributed by atoms with E-state index in [0.29, 0.717) is 23.4 Å². The molecule has 1 heterocycles. The van der Waals surface area contributed by atoms with Crippen LogP contribution in [0.5, 0.6) is 0 Å². The van der Waals surface area contributed by atoms with Crippen molar-refractivity contribution in [3.8, 4) is 0 Å². The number of hydrogen-bond acceptors (Lipinski definition) is 3. The van der Waals surface area contributed by atoms with Gasteiger partial charge in [0.1, 0.15) is 0 Å². The maximum atomic E-state index is 13.5. The van der Waals surface area contributed by atoms with E-state index in [-0.39, 0.29) is 5.82 Å². The topological polar surface area (TPSA) is 28.2 Å². The zero-order chi connectivity index (χ0) is 12.1. The van der Waals surface area contributed by atoms with Gasteiger partial charge in [-0.15, -0.1) is 0 Å². The Morgan fingerprint density at radius 2 is 2.25 bits per heavy atom. The van der Waals surface area contributed by atoms with Crippen LogP contribution in [0.3, 0.4) is 0 Å². The Morgan fingerprint density at radius 1 is 1.56 bits per heavy atom. The molecule has 3 nitrogen and oxygen atoms in total. The molecule has 16 heavy (non-hydrogen) atoms. The van der Waals surface area contributed by atoms with Gasteiger partial charge in [0.05, 0.1) is 5.02 Å². The zero-order valence-electron chi connectivity index (χ0n) is 9.80. The maximum Gasteiger partial charge on any atom is 0.167 e. The highest BCUT2D eigenvalue weighted by atomic mass is 35.5. The second-order valence-electron chi connectivity index (χ2n) is 3.99. The molecular formula is C11H17ClFN3. The van der Waals surface area contributed by atoms with Crippen molar-refractivity contribution < 1.29 is 4.39 Å². The molecule has 1 rings (SSSR count). The van der Waals surface area contributed by atoms with Gasteiger partial charge in [-0.1, -0.05) is 25.4 Å². The third-order valence-corrected chi connectivity index (χ3v) is 2.36. The van der Waals surface area contributed by atoms with Gasteiger partial charge in [-0.25, -0.2) is 9.37 Å². The lowest BCUT2D eigenvalue weighted by atomic mass is 10.3. The fourth-order valence-electron chi connectivity index (χ4n) is 1.32. The number of aromatic nitrogens is 1. The lowest BCUT2D eigenvalue weighted by Gasteiger charge is -2.19. The number of rotatable bonds is 5. The molecule has 0 aromatic carbocycles. The van der Waals surface area contributed by atoms with Gasteiger partial charge in [-0.05, 0) is 6.07 Å². The van der Waals surface area contributed by atoms with Gasteiger partial charge in [-0.3, -0.25) is 0 Å². The van der Waals surface area contributed by atoms with Gasteiger partial charge >= 0.3 is 0 Å². The van der Waals surface area contributed by atoms with E-state index in [1.165, 1.54) is 12.3 Å². The molecule has 0 saturated heterocycles. The summed E-state index contributed by atoms with van der Waals surface area (Å²) in [7, 11) is 1.81. The van der Waals surface area contributed by atoms with Gasteiger partial charge in [0.15, 0.2) is 11.6 Å². The second kappa shape index (κ2) is 6.01. The van der Waals surface area contributed by atoms with Crippen LogP contribution in [0.15, 0.2) is 12.3 Å². The number of pyridine rings is 1. The van der Waals surface area contributed by atoms with Crippen molar-refractivity contribution in [2.75, 3.05) is 25.0 Å². The molecule has 0 saturated carbocycles. The van der Waals surface area contributed by atoms with E-state index in [2.05, 4.69) is 24.1 Å². The van der Waals surface area contributed by atoms with Crippen LogP contribution >= 0.6 is 11.6 Å².